The van der Waals surface area contributed by atoms with Crippen molar-refractivity contribution >= 4 is 5.91 Å². The number of hydrogen-bond donors (Lipinski definition) is 0. The molecule has 0 unspecified atom stereocenters. The van der Waals surface area contributed by atoms with Crippen molar-refractivity contribution in [3.63, 3.8) is 0 Å². The number of carbonyl (C=O) groups is 1. The summed E-state index contributed by atoms with van der Waals surface area (Å²) in [4.78, 5) is 22.1. The van der Waals surface area contributed by atoms with Crippen LogP contribution in [0.15, 0.2) is 41.1 Å². The molecule has 2 atom stereocenters. The van der Waals surface area contributed by atoms with Gasteiger partial charge in [0.25, 0.3) is 5.91 Å². The average Bonchev–Trinajstić information content (AvgIpc) is 3.48. The highest BCUT2D eigenvalue weighted by Crippen LogP contribution is 2.45. The van der Waals surface area contributed by atoms with Crippen LogP contribution in [-0.2, 0) is 19.0 Å². The van der Waals surface area contributed by atoms with Crippen LogP contribution >= 0.6 is 0 Å². The van der Waals surface area contributed by atoms with E-state index in [-0.39, 0.29) is 17.2 Å². The minimum Gasteiger partial charge on any atom is -0.339 e. The Morgan fingerprint density at radius 2 is 2.00 bits per heavy atom. The molecule has 1 aromatic carbocycles. The number of fused-ring (bicyclic) bond motifs is 1. The summed E-state index contributed by atoms with van der Waals surface area (Å²) in [6, 6.07) is 9.48. The first kappa shape index (κ1) is 19.0. The zero-order chi connectivity index (χ0) is 20.9. The van der Waals surface area contributed by atoms with Crippen molar-refractivity contribution < 1.29 is 9.32 Å². The molecule has 0 saturated carbocycles. The largest absolute Gasteiger partial charge is 0.339 e. The van der Waals surface area contributed by atoms with Gasteiger partial charge in [0.2, 0.25) is 5.89 Å². The molecule has 8 nitrogen and oxygen atoms in total. The fourth-order valence-corrected chi connectivity index (χ4v) is 4.95. The molecule has 2 fully saturated rings. The van der Waals surface area contributed by atoms with Crippen LogP contribution in [0.4, 0.5) is 0 Å². The minimum absolute atomic E-state index is 0.0651. The number of benzene rings is 1. The second kappa shape index (κ2) is 7.05. The van der Waals surface area contributed by atoms with Gasteiger partial charge in [-0.1, -0.05) is 23.4 Å². The van der Waals surface area contributed by atoms with Crippen molar-refractivity contribution in [1.82, 2.24) is 29.7 Å². The van der Waals surface area contributed by atoms with E-state index < -0.39 is 0 Å². The summed E-state index contributed by atoms with van der Waals surface area (Å²) in [7, 11) is 1.97. The van der Waals surface area contributed by atoms with Crippen LogP contribution in [0.3, 0.4) is 0 Å². The molecule has 1 amide bonds. The molecule has 0 radical (unpaired) electrons. The van der Waals surface area contributed by atoms with Gasteiger partial charge in [0.1, 0.15) is 0 Å². The molecular formula is C22H26N6O2. The number of rotatable bonds is 4. The average molecular weight is 406 g/mol. The fraction of sp³-hybridized carbons (Fsp3) is 0.455. The summed E-state index contributed by atoms with van der Waals surface area (Å²) in [5.74, 6) is 1.60. The Bertz CT molecular complexity index is 1070. The smallest absolute Gasteiger partial charge is 0.253 e. The van der Waals surface area contributed by atoms with Gasteiger partial charge in [-0.2, -0.15) is 10.1 Å². The van der Waals surface area contributed by atoms with Crippen molar-refractivity contribution in [3.8, 4) is 0 Å². The van der Waals surface area contributed by atoms with Crippen LogP contribution in [0.25, 0.3) is 0 Å². The van der Waals surface area contributed by atoms with Crippen LogP contribution in [-0.4, -0.2) is 61.8 Å². The summed E-state index contributed by atoms with van der Waals surface area (Å²) < 4.78 is 7.58. The number of amides is 1. The molecule has 0 spiro atoms. The monoisotopic (exact) mass is 406 g/mol. The van der Waals surface area contributed by atoms with Crippen molar-refractivity contribution in [2.45, 2.75) is 25.8 Å². The van der Waals surface area contributed by atoms with E-state index in [4.69, 9.17) is 4.52 Å². The fourth-order valence-electron chi connectivity index (χ4n) is 4.95. The summed E-state index contributed by atoms with van der Waals surface area (Å²) in [6.07, 6.45) is 1.94. The van der Waals surface area contributed by atoms with Gasteiger partial charge in [0.15, 0.2) is 5.82 Å². The van der Waals surface area contributed by atoms with Crippen LogP contribution in [0, 0.1) is 19.8 Å². The zero-order valence-electron chi connectivity index (χ0n) is 17.6. The first-order valence-electron chi connectivity index (χ1n) is 10.3. The van der Waals surface area contributed by atoms with E-state index in [1.54, 1.807) is 0 Å². The lowest BCUT2D eigenvalue weighted by atomic mass is 9.81. The van der Waals surface area contributed by atoms with Gasteiger partial charge in [0.05, 0.1) is 11.6 Å². The Kier molecular flexibility index (Phi) is 4.47. The third-order valence-electron chi connectivity index (χ3n) is 6.67. The molecule has 0 aliphatic carbocycles. The molecule has 3 aromatic rings. The molecule has 0 N–H and O–H groups in total. The topological polar surface area (TPSA) is 80.3 Å². The molecular weight excluding hydrogens is 380 g/mol. The maximum atomic E-state index is 13.1. The number of likely N-dealkylation sites (tertiary alicyclic amines) is 2. The Hall–Kier alpha value is -3.00. The Labute approximate surface area is 175 Å². The summed E-state index contributed by atoms with van der Waals surface area (Å²) >= 11 is 0. The molecule has 2 aliphatic rings. The van der Waals surface area contributed by atoms with E-state index in [2.05, 4.69) is 27.1 Å². The number of carbonyl (C=O) groups excluding carboxylic acids is 1. The van der Waals surface area contributed by atoms with E-state index in [0.29, 0.717) is 24.8 Å². The Morgan fingerprint density at radius 1 is 1.20 bits per heavy atom. The summed E-state index contributed by atoms with van der Waals surface area (Å²) in [5.41, 5.74) is 2.79. The summed E-state index contributed by atoms with van der Waals surface area (Å²) in [6.45, 7) is 7.72. The van der Waals surface area contributed by atoms with Crippen LogP contribution < -0.4 is 0 Å². The lowest BCUT2D eigenvalue weighted by Crippen LogP contribution is -2.40. The maximum Gasteiger partial charge on any atom is 0.253 e. The van der Waals surface area contributed by atoms with Gasteiger partial charge in [-0.15, -0.1) is 0 Å². The minimum atomic E-state index is -0.332. The predicted molar refractivity (Wildman–Crippen MR) is 110 cm³/mol. The molecule has 30 heavy (non-hydrogen) atoms. The standard InChI is InChI=1S/C22H26N6O2/c1-15-18(9-23-26(15)3)10-27-11-19-12-28(20(29)17-7-5-4-6-8-17)14-22(19,13-27)21-24-16(2)25-30-21/h4-9,19H,10-14H2,1-3H3/t19-,22-/m0/s1. The highest BCUT2D eigenvalue weighted by atomic mass is 16.5. The third kappa shape index (κ3) is 3.02. The van der Waals surface area contributed by atoms with Crippen molar-refractivity contribution in [1.29, 1.82) is 0 Å². The lowest BCUT2D eigenvalue weighted by Gasteiger charge is -2.26. The lowest BCUT2D eigenvalue weighted by molar-refractivity contribution is 0.0766. The molecule has 2 aromatic heterocycles. The van der Waals surface area contributed by atoms with Crippen LogP contribution in [0.5, 0.6) is 0 Å². The quantitative estimate of drug-likeness (QED) is 0.659. The van der Waals surface area contributed by atoms with E-state index in [1.807, 2.05) is 60.1 Å². The number of aromatic nitrogens is 4. The predicted octanol–water partition coefficient (Wildman–Crippen LogP) is 1.95. The first-order valence-corrected chi connectivity index (χ1v) is 10.3. The van der Waals surface area contributed by atoms with Crippen molar-refractivity contribution in [2.75, 3.05) is 26.2 Å². The second-order valence-electron chi connectivity index (χ2n) is 8.60. The normalized spacial score (nSPS) is 23.8. The molecule has 5 rings (SSSR count). The molecule has 0 bridgehead atoms. The number of nitrogens with zero attached hydrogens (tertiary/aromatic N) is 6. The van der Waals surface area contributed by atoms with Crippen LogP contribution in [0.2, 0.25) is 0 Å². The molecule has 4 heterocycles. The van der Waals surface area contributed by atoms with Gasteiger partial charge < -0.3 is 9.42 Å². The van der Waals surface area contributed by atoms with Gasteiger partial charge in [-0.3, -0.25) is 14.4 Å². The van der Waals surface area contributed by atoms with Gasteiger partial charge in [-0.25, -0.2) is 0 Å². The highest BCUT2D eigenvalue weighted by molar-refractivity contribution is 5.94. The molecule has 156 valence electrons. The van der Waals surface area contributed by atoms with Crippen LogP contribution in [0.1, 0.15) is 33.3 Å². The summed E-state index contributed by atoms with van der Waals surface area (Å²) in [5, 5.41) is 8.42. The van der Waals surface area contributed by atoms with E-state index in [0.717, 1.165) is 25.2 Å². The zero-order valence-corrected chi connectivity index (χ0v) is 17.6. The molecule has 2 saturated heterocycles. The Morgan fingerprint density at radius 3 is 2.67 bits per heavy atom. The van der Waals surface area contributed by atoms with Gasteiger partial charge in [-0.05, 0) is 26.0 Å². The van der Waals surface area contributed by atoms with Gasteiger partial charge in [0, 0.05) is 62.5 Å². The Balaban J connectivity index is 1.42. The molecule has 8 heteroatoms. The maximum absolute atomic E-state index is 13.1. The van der Waals surface area contributed by atoms with Gasteiger partial charge >= 0.3 is 0 Å². The van der Waals surface area contributed by atoms with Crippen molar-refractivity contribution in [3.05, 3.63) is 65.1 Å². The highest BCUT2D eigenvalue weighted by Gasteiger charge is 2.57. The van der Waals surface area contributed by atoms with E-state index in [9.17, 15) is 4.79 Å². The second-order valence-corrected chi connectivity index (χ2v) is 8.60. The number of aryl methyl sites for hydroxylation is 2. The van der Waals surface area contributed by atoms with Crippen molar-refractivity contribution in [2.24, 2.45) is 13.0 Å². The van der Waals surface area contributed by atoms with E-state index >= 15 is 0 Å². The first-order chi connectivity index (χ1) is 14.5. The number of hydrogen-bond acceptors (Lipinski definition) is 6. The molecule has 2 aliphatic heterocycles. The third-order valence-corrected chi connectivity index (χ3v) is 6.67. The van der Waals surface area contributed by atoms with E-state index in [1.165, 1.54) is 11.3 Å². The SMILES string of the molecule is Cc1noc([C@]23CN(Cc4cnn(C)c4C)C[C@H]2CN(C(=O)c2ccccc2)C3)n1.